The second-order valence-corrected chi connectivity index (χ2v) is 6.49. The number of halogens is 2. The van der Waals surface area contributed by atoms with Crippen molar-refractivity contribution in [3.63, 3.8) is 0 Å². The fourth-order valence-corrected chi connectivity index (χ4v) is 3.03. The van der Waals surface area contributed by atoms with Crippen molar-refractivity contribution in [1.29, 1.82) is 0 Å². The average Bonchev–Trinajstić information content (AvgIpc) is 2.97. The van der Waals surface area contributed by atoms with Crippen LogP contribution in [0.15, 0.2) is 42.5 Å². The first-order valence-corrected chi connectivity index (χ1v) is 8.43. The Morgan fingerprint density at radius 1 is 1.12 bits per heavy atom. The molecule has 0 aliphatic carbocycles. The summed E-state index contributed by atoms with van der Waals surface area (Å²) in [6, 6.07) is 12.4. The number of nitrogens with zero attached hydrogens (tertiary/aromatic N) is 1. The van der Waals surface area contributed by atoms with E-state index >= 15 is 0 Å². The highest BCUT2D eigenvalue weighted by Crippen LogP contribution is 2.25. The summed E-state index contributed by atoms with van der Waals surface area (Å²) in [7, 11) is 0. The van der Waals surface area contributed by atoms with E-state index in [1.165, 1.54) is 0 Å². The molecule has 0 bridgehead atoms. The molecule has 1 fully saturated rings. The first-order chi connectivity index (χ1) is 11.5. The molecule has 1 saturated heterocycles. The van der Waals surface area contributed by atoms with Gasteiger partial charge in [0.1, 0.15) is 0 Å². The zero-order chi connectivity index (χ0) is 17.1. The number of carbonyl (C=O) groups excluding carboxylic acids is 2. The normalized spacial score (nSPS) is 14.1. The van der Waals surface area contributed by atoms with Gasteiger partial charge in [-0.3, -0.25) is 9.59 Å². The van der Waals surface area contributed by atoms with Crippen molar-refractivity contribution < 1.29 is 9.59 Å². The van der Waals surface area contributed by atoms with Crippen molar-refractivity contribution in [2.75, 3.05) is 16.8 Å². The number of hydrogen-bond donors (Lipinski definition) is 1. The monoisotopic (exact) mass is 362 g/mol. The number of anilines is 2. The van der Waals surface area contributed by atoms with Crippen LogP contribution in [0.2, 0.25) is 10.0 Å². The highest BCUT2D eigenvalue weighted by Gasteiger charge is 2.21. The first-order valence-electron chi connectivity index (χ1n) is 7.67. The van der Waals surface area contributed by atoms with Crippen LogP contribution in [0.3, 0.4) is 0 Å². The number of amides is 2. The lowest BCUT2D eigenvalue weighted by Gasteiger charge is -2.16. The molecule has 0 radical (unpaired) electrons. The number of hydrogen-bond acceptors (Lipinski definition) is 2. The van der Waals surface area contributed by atoms with Crippen molar-refractivity contribution in [3.8, 4) is 0 Å². The summed E-state index contributed by atoms with van der Waals surface area (Å²) >= 11 is 11.8. The molecule has 6 heteroatoms. The lowest BCUT2D eigenvalue weighted by atomic mass is 10.1. The van der Waals surface area contributed by atoms with Crippen LogP contribution < -0.4 is 10.2 Å². The molecule has 4 nitrogen and oxygen atoms in total. The summed E-state index contributed by atoms with van der Waals surface area (Å²) in [6.45, 7) is 0.722. The van der Waals surface area contributed by atoms with Gasteiger partial charge in [0.05, 0.1) is 16.5 Å². The topological polar surface area (TPSA) is 49.4 Å². The van der Waals surface area contributed by atoms with Gasteiger partial charge in [-0.1, -0.05) is 35.3 Å². The van der Waals surface area contributed by atoms with Gasteiger partial charge in [0.2, 0.25) is 11.8 Å². The molecule has 0 spiro atoms. The van der Waals surface area contributed by atoms with Crippen LogP contribution >= 0.6 is 23.2 Å². The lowest BCUT2D eigenvalue weighted by molar-refractivity contribution is -0.117. The smallest absolute Gasteiger partial charge is 0.228 e. The third-order valence-corrected chi connectivity index (χ3v) is 4.60. The molecule has 1 N–H and O–H groups in total. The number of benzene rings is 2. The van der Waals surface area contributed by atoms with Gasteiger partial charge in [-0.2, -0.15) is 0 Å². The highest BCUT2D eigenvalue weighted by atomic mass is 35.5. The predicted molar refractivity (Wildman–Crippen MR) is 96.8 cm³/mol. The van der Waals surface area contributed by atoms with Crippen LogP contribution in [0.1, 0.15) is 18.4 Å². The Bertz CT molecular complexity index is 792. The molecule has 3 rings (SSSR count). The van der Waals surface area contributed by atoms with Crippen molar-refractivity contribution in [2.45, 2.75) is 19.3 Å². The largest absolute Gasteiger partial charge is 0.326 e. The van der Waals surface area contributed by atoms with E-state index in [0.29, 0.717) is 22.2 Å². The van der Waals surface area contributed by atoms with Gasteiger partial charge in [0.25, 0.3) is 0 Å². The maximum Gasteiger partial charge on any atom is 0.228 e. The van der Waals surface area contributed by atoms with Gasteiger partial charge >= 0.3 is 0 Å². The molecule has 1 aliphatic heterocycles. The second kappa shape index (κ2) is 7.24. The Balaban J connectivity index is 1.68. The molecule has 1 aliphatic rings. The Hall–Kier alpha value is -2.04. The van der Waals surface area contributed by atoms with Gasteiger partial charge in [0, 0.05) is 24.3 Å². The van der Waals surface area contributed by atoms with E-state index in [1.54, 1.807) is 29.2 Å². The Labute approximate surface area is 150 Å². The predicted octanol–water partition coefficient (Wildman–Crippen LogP) is 4.30. The summed E-state index contributed by atoms with van der Waals surface area (Å²) in [5, 5.41) is 3.74. The standard InChI is InChI=1S/C18H16Cl2N2O2/c19-15-7-6-12(9-16(15)20)10-17(23)21-13-3-1-4-14(11-13)22-8-2-5-18(22)24/h1,3-4,6-7,9,11H,2,5,8,10H2,(H,21,23). The van der Waals surface area contributed by atoms with E-state index in [9.17, 15) is 9.59 Å². The molecule has 2 aromatic carbocycles. The molecule has 0 unspecified atom stereocenters. The highest BCUT2D eigenvalue weighted by molar-refractivity contribution is 6.42. The van der Waals surface area contributed by atoms with Crippen molar-refractivity contribution in [1.82, 2.24) is 0 Å². The van der Waals surface area contributed by atoms with Crippen LogP contribution in [-0.2, 0) is 16.0 Å². The van der Waals surface area contributed by atoms with Crippen molar-refractivity contribution in [3.05, 3.63) is 58.1 Å². The summed E-state index contributed by atoms with van der Waals surface area (Å²) in [4.78, 5) is 25.8. The van der Waals surface area contributed by atoms with Crippen molar-refractivity contribution >= 4 is 46.4 Å². The SMILES string of the molecule is O=C(Cc1ccc(Cl)c(Cl)c1)Nc1cccc(N2CCCC2=O)c1. The van der Waals surface area contributed by atoms with Gasteiger partial charge in [0.15, 0.2) is 0 Å². The van der Waals surface area contributed by atoms with Gasteiger partial charge < -0.3 is 10.2 Å². The van der Waals surface area contributed by atoms with Crippen molar-refractivity contribution in [2.24, 2.45) is 0 Å². The van der Waals surface area contributed by atoms with Gasteiger partial charge in [-0.05, 0) is 42.3 Å². The number of carbonyl (C=O) groups is 2. The number of rotatable bonds is 4. The Morgan fingerprint density at radius 2 is 1.96 bits per heavy atom. The maximum atomic E-state index is 12.2. The quantitative estimate of drug-likeness (QED) is 0.881. The third-order valence-electron chi connectivity index (χ3n) is 3.86. The van der Waals surface area contributed by atoms with E-state index in [4.69, 9.17) is 23.2 Å². The lowest BCUT2D eigenvalue weighted by Crippen LogP contribution is -2.23. The van der Waals surface area contributed by atoms with Crippen LogP contribution in [0.5, 0.6) is 0 Å². The Morgan fingerprint density at radius 3 is 2.67 bits per heavy atom. The summed E-state index contributed by atoms with van der Waals surface area (Å²) in [5.74, 6) is -0.0347. The van der Waals surface area contributed by atoms with Gasteiger partial charge in [-0.15, -0.1) is 0 Å². The van der Waals surface area contributed by atoms with Crippen LogP contribution in [0.4, 0.5) is 11.4 Å². The fourth-order valence-electron chi connectivity index (χ4n) is 2.71. The van der Waals surface area contributed by atoms with Crippen LogP contribution in [0.25, 0.3) is 0 Å². The summed E-state index contributed by atoms with van der Waals surface area (Å²) < 4.78 is 0. The zero-order valence-corrected chi connectivity index (χ0v) is 14.4. The molecular weight excluding hydrogens is 347 g/mol. The first kappa shape index (κ1) is 16.8. The summed E-state index contributed by atoms with van der Waals surface area (Å²) in [5.41, 5.74) is 2.26. The minimum absolute atomic E-state index is 0.120. The fraction of sp³-hybridized carbons (Fsp3) is 0.222. The molecule has 2 amide bonds. The van der Waals surface area contributed by atoms with E-state index in [1.807, 2.05) is 18.2 Å². The van der Waals surface area contributed by atoms with Crippen LogP contribution in [0, 0.1) is 0 Å². The van der Waals surface area contributed by atoms with E-state index in [0.717, 1.165) is 24.2 Å². The van der Waals surface area contributed by atoms with Crippen LogP contribution in [-0.4, -0.2) is 18.4 Å². The molecular formula is C18H16Cl2N2O2. The molecule has 0 saturated carbocycles. The zero-order valence-electron chi connectivity index (χ0n) is 12.9. The molecule has 24 heavy (non-hydrogen) atoms. The second-order valence-electron chi connectivity index (χ2n) is 5.67. The maximum absolute atomic E-state index is 12.2. The minimum atomic E-state index is -0.154. The molecule has 2 aromatic rings. The van der Waals surface area contributed by atoms with E-state index < -0.39 is 0 Å². The molecule has 1 heterocycles. The van der Waals surface area contributed by atoms with E-state index in [2.05, 4.69) is 5.32 Å². The average molecular weight is 363 g/mol. The molecule has 0 aromatic heterocycles. The van der Waals surface area contributed by atoms with E-state index in [-0.39, 0.29) is 18.2 Å². The third kappa shape index (κ3) is 3.89. The number of nitrogens with one attached hydrogen (secondary N) is 1. The molecule has 0 atom stereocenters. The van der Waals surface area contributed by atoms with Gasteiger partial charge in [-0.25, -0.2) is 0 Å². The minimum Gasteiger partial charge on any atom is -0.326 e. The summed E-state index contributed by atoms with van der Waals surface area (Å²) in [6.07, 6.45) is 1.64. The molecule has 124 valence electrons. The Kier molecular flexibility index (Phi) is 5.07.